The highest BCUT2D eigenvalue weighted by molar-refractivity contribution is 7.92. The van der Waals surface area contributed by atoms with E-state index in [0.29, 0.717) is 22.9 Å². The molecule has 6 nitrogen and oxygen atoms in total. The molecule has 0 fully saturated rings. The first-order valence-electron chi connectivity index (χ1n) is 8.96. The zero-order chi connectivity index (χ0) is 20.3. The lowest BCUT2D eigenvalue weighted by Gasteiger charge is -2.10. The van der Waals surface area contributed by atoms with Gasteiger partial charge in [0.1, 0.15) is 22.1 Å². The molecule has 0 aliphatic rings. The molecule has 0 saturated heterocycles. The van der Waals surface area contributed by atoms with Crippen LogP contribution in [-0.4, -0.2) is 18.2 Å². The third-order valence-corrected chi connectivity index (χ3v) is 5.60. The van der Waals surface area contributed by atoms with Crippen LogP contribution in [0.25, 0.3) is 11.3 Å². The van der Waals surface area contributed by atoms with Gasteiger partial charge in [0.2, 0.25) is 0 Å². The normalized spacial score (nSPS) is 11.2. The molecule has 7 heteroatoms. The topological polar surface area (TPSA) is 73.2 Å². The maximum atomic E-state index is 13.0. The fraction of sp³-hybridized carbons (Fsp3) is 0.0455. The quantitative estimate of drug-likeness (QED) is 0.505. The number of nitrogens with one attached hydrogen (secondary N) is 1. The molecule has 29 heavy (non-hydrogen) atoms. The van der Waals surface area contributed by atoms with Gasteiger partial charge >= 0.3 is 0 Å². The van der Waals surface area contributed by atoms with Gasteiger partial charge in [-0.2, -0.15) is 5.10 Å². The van der Waals surface area contributed by atoms with Crippen molar-refractivity contribution in [3.8, 4) is 22.8 Å². The number of ether oxygens (including phenoxy) is 1. The Kier molecular flexibility index (Phi) is 5.05. The fourth-order valence-electron chi connectivity index (χ4n) is 2.89. The summed E-state index contributed by atoms with van der Waals surface area (Å²) in [6.07, 6.45) is 1.50. The number of hydrogen-bond acceptors (Lipinski definition) is 4. The van der Waals surface area contributed by atoms with E-state index in [1.165, 1.54) is 10.9 Å². The van der Waals surface area contributed by atoms with E-state index in [2.05, 4.69) is 9.82 Å². The van der Waals surface area contributed by atoms with Gasteiger partial charge in [0, 0.05) is 24.5 Å². The summed E-state index contributed by atoms with van der Waals surface area (Å²) in [4.78, 5) is 0.121. The number of rotatable bonds is 6. The highest BCUT2D eigenvalue weighted by Gasteiger charge is 2.23. The minimum absolute atomic E-state index is 0.121. The number of para-hydroxylation sites is 1. The predicted molar refractivity (Wildman–Crippen MR) is 112 cm³/mol. The standard InChI is InChI=1S/C22H19N3O3S/c1-25-16-21(22(23-25)17-8-4-2-5-9-17)29(26,27)24-18-12-14-20(15-13-18)28-19-10-6-3-7-11-19/h2-16,24H,1H3. The van der Waals surface area contributed by atoms with E-state index in [9.17, 15) is 8.42 Å². The van der Waals surface area contributed by atoms with Crippen LogP contribution < -0.4 is 9.46 Å². The number of sulfonamides is 1. The number of aromatic nitrogens is 2. The second-order valence-corrected chi connectivity index (χ2v) is 8.08. The Morgan fingerprint density at radius 2 is 1.41 bits per heavy atom. The Hall–Kier alpha value is -3.58. The lowest BCUT2D eigenvalue weighted by Crippen LogP contribution is -2.13. The van der Waals surface area contributed by atoms with Gasteiger partial charge in [-0.1, -0.05) is 48.5 Å². The van der Waals surface area contributed by atoms with Crippen molar-refractivity contribution in [1.29, 1.82) is 0 Å². The third-order valence-electron chi connectivity index (χ3n) is 4.22. The molecule has 0 spiro atoms. The minimum atomic E-state index is -3.82. The summed E-state index contributed by atoms with van der Waals surface area (Å²) in [7, 11) is -2.12. The molecule has 0 amide bonds. The van der Waals surface area contributed by atoms with Crippen LogP contribution in [0.5, 0.6) is 11.5 Å². The van der Waals surface area contributed by atoms with Gasteiger partial charge in [-0.25, -0.2) is 8.42 Å². The van der Waals surface area contributed by atoms with E-state index >= 15 is 0 Å². The second kappa shape index (κ2) is 7.81. The first-order chi connectivity index (χ1) is 14.0. The highest BCUT2D eigenvalue weighted by atomic mass is 32.2. The van der Waals surface area contributed by atoms with Crippen molar-refractivity contribution in [3.05, 3.63) is 91.1 Å². The van der Waals surface area contributed by atoms with E-state index in [0.717, 1.165) is 5.56 Å². The molecule has 0 unspecified atom stereocenters. The summed E-state index contributed by atoms with van der Waals surface area (Å²) in [5.41, 5.74) is 1.58. The zero-order valence-electron chi connectivity index (χ0n) is 15.7. The van der Waals surface area contributed by atoms with Gasteiger partial charge in [0.25, 0.3) is 10.0 Å². The summed E-state index contributed by atoms with van der Waals surface area (Å²) in [6.45, 7) is 0. The SMILES string of the molecule is Cn1cc(S(=O)(=O)Nc2ccc(Oc3ccccc3)cc2)c(-c2ccccc2)n1. The Morgan fingerprint density at radius 1 is 0.828 bits per heavy atom. The van der Waals surface area contributed by atoms with Crippen molar-refractivity contribution in [1.82, 2.24) is 9.78 Å². The largest absolute Gasteiger partial charge is 0.457 e. The molecule has 1 heterocycles. The number of aryl methyl sites for hydroxylation is 1. The molecule has 1 aromatic heterocycles. The second-order valence-electron chi connectivity index (χ2n) is 6.43. The smallest absolute Gasteiger partial charge is 0.265 e. The van der Waals surface area contributed by atoms with Gasteiger partial charge in [-0.05, 0) is 36.4 Å². The molecule has 0 aliphatic carbocycles. The molecule has 0 radical (unpaired) electrons. The summed E-state index contributed by atoms with van der Waals surface area (Å²) in [5.74, 6) is 1.33. The van der Waals surface area contributed by atoms with Crippen molar-refractivity contribution < 1.29 is 13.2 Å². The summed E-state index contributed by atoms with van der Waals surface area (Å²) in [6, 6.07) is 25.4. The Balaban J connectivity index is 1.57. The number of benzene rings is 3. The summed E-state index contributed by atoms with van der Waals surface area (Å²) < 4.78 is 35.8. The summed E-state index contributed by atoms with van der Waals surface area (Å²) >= 11 is 0. The van der Waals surface area contributed by atoms with Gasteiger partial charge in [-0.15, -0.1) is 0 Å². The molecule has 0 atom stereocenters. The van der Waals surface area contributed by atoms with Gasteiger partial charge in [-0.3, -0.25) is 9.40 Å². The molecule has 1 N–H and O–H groups in total. The predicted octanol–water partition coefficient (Wildman–Crippen LogP) is 4.68. The lowest BCUT2D eigenvalue weighted by atomic mass is 10.2. The molecule has 0 bridgehead atoms. The Labute approximate surface area is 169 Å². The monoisotopic (exact) mass is 405 g/mol. The van der Waals surface area contributed by atoms with Crippen molar-refractivity contribution in [3.63, 3.8) is 0 Å². The first kappa shape index (κ1) is 18.8. The molecule has 0 aliphatic heterocycles. The van der Waals surface area contributed by atoms with Gasteiger partial charge in [0.15, 0.2) is 0 Å². The molecule has 4 rings (SSSR count). The van der Waals surface area contributed by atoms with E-state index in [4.69, 9.17) is 4.74 Å². The van der Waals surface area contributed by atoms with Crippen LogP contribution in [0.1, 0.15) is 0 Å². The highest BCUT2D eigenvalue weighted by Crippen LogP contribution is 2.28. The van der Waals surface area contributed by atoms with Crippen LogP contribution in [0.3, 0.4) is 0 Å². The van der Waals surface area contributed by atoms with Crippen LogP contribution >= 0.6 is 0 Å². The zero-order valence-corrected chi connectivity index (χ0v) is 16.5. The molecule has 3 aromatic carbocycles. The van der Waals surface area contributed by atoms with Gasteiger partial charge in [0.05, 0.1) is 0 Å². The van der Waals surface area contributed by atoms with Crippen molar-refractivity contribution in [2.24, 2.45) is 7.05 Å². The lowest BCUT2D eigenvalue weighted by molar-refractivity contribution is 0.483. The Morgan fingerprint density at radius 3 is 2.07 bits per heavy atom. The Bertz CT molecular complexity index is 1200. The minimum Gasteiger partial charge on any atom is -0.457 e. The molecule has 4 aromatic rings. The van der Waals surface area contributed by atoms with E-state index in [1.54, 1.807) is 31.3 Å². The van der Waals surface area contributed by atoms with Crippen molar-refractivity contribution >= 4 is 15.7 Å². The fourth-order valence-corrected chi connectivity index (χ4v) is 4.15. The van der Waals surface area contributed by atoms with E-state index in [1.807, 2.05) is 60.7 Å². The van der Waals surface area contributed by atoms with Gasteiger partial charge < -0.3 is 4.74 Å². The molecular formula is C22H19N3O3S. The van der Waals surface area contributed by atoms with Crippen LogP contribution in [0, 0.1) is 0 Å². The number of hydrogen-bond donors (Lipinski definition) is 1. The average Bonchev–Trinajstić information content (AvgIpc) is 3.14. The average molecular weight is 405 g/mol. The van der Waals surface area contributed by atoms with Crippen LogP contribution in [0.4, 0.5) is 5.69 Å². The number of nitrogens with zero attached hydrogens (tertiary/aromatic N) is 2. The molecular weight excluding hydrogens is 386 g/mol. The van der Waals surface area contributed by atoms with Crippen LogP contribution in [0.15, 0.2) is 96.0 Å². The third kappa shape index (κ3) is 4.30. The number of anilines is 1. The maximum absolute atomic E-state index is 13.0. The van der Waals surface area contributed by atoms with Crippen LogP contribution in [0.2, 0.25) is 0 Å². The van der Waals surface area contributed by atoms with E-state index < -0.39 is 10.0 Å². The van der Waals surface area contributed by atoms with E-state index in [-0.39, 0.29) is 4.90 Å². The molecule has 146 valence electrons. The van der Waals surface area contributed by atoms with Crippen LogP contribution in [-0.2, 0) is 17.1 Å². The maximum Gasteiger partial charge on any atom is 0.265 e. The van der Waals surface area contributed by atoms with Crippen molar-refractivity contribution in [2.75, 3.05) is 4.72 Å². The molecule has 0 saturated carbocycles. The first-order valence-corrected chi connectivity index (χ1v) is 10.4. The van der Waals surface area contributed by atoms with Crippen molar-refractivity contribution in [2.45, 2.75) is 4.90 Å². The summed E-state index contributed by atoms with van der Waals surface area (Å²) in [5, 5.41) is 4.33.